The lowest BCUT2D eigenvalue weighted by Crippen LogP contribution is -2.38. The van der Waals surface area contributed by atoms with Crippen LogP contribution >= 0.6 is 0 Å². The second kappa shape index (κ2) is 6.58. The number of methoxy groups -OCH3 is 1. The molecule has 0 saturated heterocycles. The van der Waals surface area contributed by atoms with Gasteiger partial charge in [-0.3, -0.25) is 4.79 Å². The number of ether oxygens (including phenoxy) is 1. The number of amides is 1. The van der Waals surface area contributed by atoms with Crippen molar-refractivity contribution in [3.8, 4) is 5.75 Å². The molecule has 7 nitrogen and oxygen atoms in total. The van der Waals surface area contributed by atoms with E-state index in [1.807, 2.05) is 0 Å². The summed E-state index contributed by atoms with van der Waals surface area (Å²) in [5.41, 5.74) is 5.74. The summed E-state index contributed by atoms with van der Waals surface area (Å²) in [6.07, 6.45) is 0. The molecule has 0 fully saturated rings. The number of likely N-dealkylation sites (N-methyl/N-ethyl adjacent to an activating group) is 1. The third kappa shape index (κ3) is 3.84. The van der Waals surface area contributed by atoms with Crippen LogP contribution in [0, 0.1) is 0 Å². The lowest BCUT2D eigenvalue weighted by atomic mass is 10.3. The Balaban J connectivity index is 2.87. The molecule has 0 saturated carbocycles. The van der Waals surface area contributed by atoms with Crippen LogP contribution in [0.15, 0.2) is 23.1 Å². The Hall–Kier alpha value is -1.80. The first-order valence-electron chi connectivity index (χ1n) is 5.99. The summed E-state index contributed by atoms with van der Waals surface area (Å²) < 4.78 is 31.3. The molecule has 0 spiro atoms. The van der Waals surface area contributed by atoms with E-state index in [9.17, 15) is 13.2 Å². The van der Waals surface area contributed by atoms with Gasteiger partial charge < -0.3 is 15.4 Å². The first-order valence-corrected chi connectivity index (χ1v) is 7.47. The predicted octanol–water partition coefficient (Wildman–Crippen LogP) is 0.0340. The van der Waals surface area contributed by atoms with E-state index >= 15 is 0 Å². The van der Waals surface area contributed by atoms with E-state index in [1.165, 1.54) is 30.2 Å². The number of nitrogens with two attached hydrogens (primary N) is 1. The fourth-order valence-corrected chi connectivity index (χ4v) is 2.53. The van der Waals surface area contributed by atoms with E-state index < -0.39 is 10.0 Å². The van der Waals surface area contributed by atoms with Crippen molar-refractivity contribution in [2.24, 2.45) is 0 Å². The van der Waals surface area contributed by atoms with Crippen molar-refractivity contribution in [2.45, 2.75) is 11.8 Å². The van der Waals surface area contributed by atoms with Gasteiger partial charge in [0.05, 0.1) is 19.3 Å². The summed E-state index contributed by atoms with van der Waals surface area (Å²) in [5.74, 6) is 0.145. The van der Waals surface area contributed by atoms with Gasteiger partial charge in [0.25, 0.3) is 0 Å². The SMILES string of the molecule is CCN(C)C(=O)CNS(=O)(=O)c1ccc(OC)cc1N. The van der Waals surface area contributed by atoms with E-state index in [2.05, 4.69) is 4.72 Å². The minimum atomic E-state index is -3.83. The number of sulfonamides is 1. The maximum Gasteiger partial charge on any atom is 0.243 e. The number of nitrogen functional groups attached to an aromatic ring is 1. The number of rotatable bonds is 6. The van der Waals surface area contributed by atoms with Gasteiger partial charge in [0, 0.05) is 19.7 Å². The number of hydrogen-bond donors (Lipinski definition) is 2. The highest BCUT2D eigenvalue weighted by molar-refractivity contribution is 7.89. The van der Waals surface area contributed by atoms with Crippen molar-refractivity contribution >= 4 is 21.6 Å². The lowest BCUT2D eigenvalue weighted by molar-refractivity contribution is -0.128. The molecule has 1 amide bonds. The van der Waals surface area contributed by atoms with E-state index in [4.69, 9.17) is 10.5 Å². The van der Waals surface area contributed by atoms with Gasteiger partial charge in [0.2, 0.25) is 15.9 Å². The normalized spacial score (nSPS) is 11.2. The quantitative estimate of drug-likeness (QED) is 0.722. The largest absolute Gasteiger partial charge is 0.497 e. The highest BCUT2D eigenvalue weighted by Crippen LogP contribution is 2.23. The Kier molecular flexibility index (Phi) is 5.34. The van der Waals surface area contributed by atoms with Crippen LogP contribution in [0.5, 0.6) is 5.75 Å². The Morgan fingerprint density at radius 2 is 2.10 bits per heavy atom. The Morgan fingerprint density at radius 1 is 1.45 bits per heavy atom. The molecule has 0 aromatic heterocycles. The topological polar surface area (TPSA) is 102 Å². The van der Waals surface area contributed by atoms with Gasteiger partial charge in [-0.1, -0.05) is 0 Å². The number of anilines is 1. The number of nitrogens with one attached hydrogen (secondary N) is 1. The zero-order valence-electron chi connectivity index (χ0n) is 11.7. The number of carbonyl (C=O) groups excluding carboxylic acids is 1. The molecule has 0 heterocycles. The Morgan fingerprint density at radius 3 is 2.60 bits per heavy atom. The van der Waals surface area contributed by atoms with Gasteiger partial charge in [-0.05, 0) is 19.1 Å². The molecule has 3 N–H and O–H groups in total. The number of carbonyl (C=O) groups is 1. The van der Waals surface area contributed by atoms with Crippen LogP contribution in [0.25, 0.3) is 0 Å². The van der Waals surface area contributed by atoms with Crippen molar-refractivity contribution in [3.63, 3.8) is 0 Å². The average molecular weight is 301 g/mol. The fourth-order valence-electron chi connectivity index (χ4n) is 1.44. The Bertz CT molecular complexity index is 586. The highest BCUT2D eigenvalue weighted by atomic mass is 32.2. The Labute approximate surface area is 118 Å². The number of hydrogen-bond acceptors (Lipinski definition) is 5. The molecule has 0 aliphatic carbocycles. The molecule has 0 radical (unpaired) electrons. The molecule has 0 aliphatic heterocycles. The standard InChI is InChI=1S/C12H19N3O4S/c1-4-15(2)12(16)8-14-20(17,18)11-6-5-9(19-3)7-10(11)13/h5-7,14H,4,8,13H2,1-3H3. The number of benzene rings is 1. The van der Waals surface area contributed by atoms with Crippen molar-refractivity contribution in [1.82, 2.24) is 9.62 Å². The van der Waals surface area contributed by atoms with Gasteiger partial charge in [-0.25, -0.2) is 13.1 Å². The van der Waals surface area contributed by atoms with E-state index in [1.54, 1.807) is 14.0 Å². The van der Waals surface area contributed by atoms with Gasteiger partial charge in [0.15, 0.2) is 0 Å². The molecule has 1 aromatic rings. The lowest BCUT2D eigenvalue weighted by Gasteiger charge is -2.15. The van der Waals surface area contributed by atoms with Crippen LogP contribution in [0.3, 0.4) is 0 Å². The summed E-state index contributed by atoms with van der Waals surface area (Å²) in [5, 5.41) is 0. The smallest absolute Gasteiger partial charge is 0.243 e. The monoisotopic (exact) mass is 301 g/mol. The van der Waals surface area contributed by atoms with Gasteiger partial charge in [-0.2, -0.15) is 0 Å². The molecule has 0 unspecified atom stereocenters. The van der Waals surface area contributed by atoms with Crippen LogP contribution in [-0.2, 0) is 14.8 Å². The zero-order chi connectivity index (χ0) is 15.3. The van der Waals surface area contributed by atoms with E-state index in [0.717, 1.165) is 0 Å². The van der Waals surface area contributed by atoms with Crippen molar-refractivity contribution in [2.75, 3.05) is 33.0 Å². The predicted molar refractivity (Wildman–Crippen MR) is 75.9 cm³/mol. The molecule has 0 bridgehead atoms. The maximum absolute atomic E-state index is 12.1. The van der Waals surface area contributed by atoms with Crippen LogP contribution in [0.2, 0.25) is 0 Å². The summed E-state index contributed by atoms with van der Waals surface area (Å²) in [6, 6.07) is 4.24. The molecule has 1 rings (SSSR count). The minimum absolute atomic E-state index is 0.0631. The van der Waals surface area contributed by atoms with Crippen molar-refractivity contribution in [1.29, 1.82) is 0 Å². The van der Waals surface area contributed by atoms with Crippen LogP contribution < -0.4 is 15.2 Å². The average Bonchev–Trinajstić information content (AvgIpc) is 2.43. The number of nitrogens with zero attached hydrogens (tertiary/aromatic N) is 1. The van der Waals surface area contributed by atoms with Gasteiger partial charge >= 0.3 is 0 Å². The van der Waals surface area contributed by atoms with Crippen LogP contribution in [0.4, 0.5) is 5.69 Å². The molecule has 20 heavy (non-hydrogen) atoms. The van der Waals surface area contributed by atoms with Gasteiger partial charge in [-0.15, -0.1) is 0 Å². The summed E-state index contributed by atoms with van der Waals surface area (Å²) in [7, 11) is -0.776. The first kappa shape index (κ1) is 16.3. The third-order valence-electron chi connectivity index (χ3n) is 2.82. The summed E-state index contributed by atoms with van der Waals surface area (Å²) in [4.78, 5) is 12.9. The molecule has 112 valence electrons. The highest BCUT2D eigenvalue weighted by Gasteiger charge is 2.19. The van der Waals surface area contributed by atoms with Crippen molar-refractivity contribution < 1.29 is 17.9 Å². The first-order chi connectivity index (χ1) is 9.31. The fraction of sp³-hybridized carbons (Fsp3) is 0.417. The molecular weight excluding hydrogens is 282 g/mol. The summed E-state index contributed by atoms with van der Waals surface area (Å²) >= 11 is 0. The van der Waals surface area contributed by atoms with Crippen LogP contribution in [-0.4, -0.2) is 46.5 Å². The maximum atomic E-state index is 12.1. The van der Waals surface area contributed by atoms with E-state index in [0.29, 0.717) is 12.3 Å². The second-order valence-corrected chi connectivity index (χ2v) is 5.87. The molecular formula is C12H19N3O4S. The molecule has 0 atom stereocenters. The van der Waals surface area contributed by atoms with Crippen molar-refractivity contribution in [3.05, 3.63) is 18.2 Å². The third-order valence-corrected chi connectivity index (χ3v) is 4.30. The molecule has 8 heteroatoms. The van der Waals surface area contributed by atoms with Gasteiger partial charge in [0.1, 0.15) is 10.6 Å². The van der Waals surface area contributed by atoms with E-state index in [-0.39, 0.29) is 23.0 Å². The second-order valence-electron chi connectivity index (χ2n) is 4.14. The minimum Gasteiger partial charge on any atom is -0.497 e. The zero-order valence-corrected chi connectivity index (χ0v) is 12.5. The van der Waals surface area contributed by atoms with Crippen LogP contribution in [0.1, 0.15) is 6.92 Å². The summed E-state index contributed by atoms with van der Waals surface area (Å²) in [6.45, 7) is 2.00. The molecule has 1 aromatic carbocycles. The molecule has 0 aliphatic rings.